The van der Waals surface area contributed by atoms with Gasteiger partial charge in [0.05, 0.1) is 39.6 Å². The molecule has 3 heterocycles. The van der Waals surface area contributed by atoms with Gasteiger partial charge in [-0.15, -0.1) is 0 Å². The number of hydrogen-bond donors (Lipinski definition) is 0. The molecule has 2 bridgehead atoms. The van der Waals surface area contributed by atoms with Gasteiger partial charge in [-0.05, 0) is 12.1 Å². The predicted molar refractivity (Wildman–Crippen MR) is 131 cm³/mol. The van der Waals surface area contributed by atoms with Crippen LogP contribution < -0.4 is 9.47 Å². The van der Waals surface area contributed by atoms with Crippen molar-refractivity contribution in [2.45, 2.75) is 51.5 Å². The maximum atomic E-state index is 12.0. The van der Waals surface area contributed by atoms with Crippen molar-refractivity contribution in [3.63, 3.8) is 0 Å². The fraction of sp³-hybridized carbons (Fsp3) is 0.654. The van der Waals surface area contributed by atoms with Crippen molar-refractivity contribution in [3.8, 4) is 11.5 Å². The molecule has 0 N–H and O–H groups in total. The molecule has 0 aromatic heterocycles. The first-order valence-corrected chi connectivity index (χ1v) is 12.7. The van der Waals surface area contributed by atoms with Crippen molar-refractivity contribution in [2.24, 2.45) is 0 Å². The molecule has 1 saturated heterocycles. The summed E-state index contributed by atoms with van der Waals surface area (Å²) < 4.78 is 56.7. The summed E-state index contributed by atoms with van der Waals surface area (Å²) in [7, 11) is 0. The summed E-state index contributed by atoms with van der Waals surface area (Å²) in [5.41, 5.74) is 0. The van der Waals surface area contributed by atoms with E-state index in [4.69, 9.17) is 47.4 Å². The normalized spacial score (nSPS) is 27.1. The lowest BCUT2D eigenvalue weighted by atomic mass is 9.98. The Morgan fingerprint density at radius 1 is 0.718 bits per heavy atom. The van der Waals surface area contributed by atoms with Crippen LogP contribution in [0.5, 0.6) is 11.5 Å². The molecule has 0 amide bonds. The summed E-state index contributed by atoms with van der Waals surface area (Å²) in [6.45, 7) is 4.97. The predicted octanol–water partition coefficient (Wildman–Crippen LogP) is 1.04. The van der Waals surface area contributed by atoms with Crippen LogP contribution in [0.1, 0.15) is 20.8 Å². The summed E-state index contributed by atoms with van der Waals surface area (Å²) >= 11 is 0. The number of ether oxygens (including phenoxy) is 10. The average molecular weight is 557 g/mol. The third-order valence-electron chi connectivity index (χ3n) is 5.51. The van der Waals surface area contributed by atoms with Crippen molar-refractivity contribution in [1.29, 1.82) is 0 Å². The Labute approximate surface area is 226 Å². The lowest BCUT2D eigenvalue weighted by molar-refractivity contribution is -0.314. The van der Waals surface area contributed by atoms with Gasteiger partial charge in [0.25, 0.3) is 0 Å². The molecule has 13 heteroatoms. The number of esters is 3. The van der Waals surface area contributed by atoms with E-state index in [-0.39, 0.29) is 59.5 Å². The molecule has 1 fully saturated rings. The number of benzene rings is 1. The number of rotatable bonds is 4. The van der Waals surface area contributed by atoms with Crippen LogP contribution >= 0.6 is 0 Å². The monoisotopic (exact) mass is 556 g/mol. The van der Waals surface area contributed by atoms with Gasteiger partial charge in [0.15, 0.2) is 30.0 Å². The first kappa shape index (κ1) is 30.6. The first-order valence-electron chi connectivity index (χ1n) is 12.7. The van der Waals surface area contributed by atoms with E-state index in [0.29, 0.717) is 11.5 Å². The van der Waals surface area contributed by atoms with E-state index >= 15 is 0 Å². The van der Waals surface area contributed by atoms with Gasteiger partial charge in [-0.2, -0.15) is 0 Å². The van der Waals surface area contributed by atoms with E-state index in [2.05, 4.69) is 0 Å². The fourth-order valence-corrected chi connectivity index (χ4v) is 3.97. The Hall–Kier alpha value is -2.97. The van der Waals surface area contributed by atoms with E-state index < -0.39 is 48.6 Å². The molecule has 0 saturated carbocycles. The van der Waals surface area contributed by atoms with Gasteiger partial charge in [-0.25, -0.2) is 0 Å². The van der Waals surface area contributed by atoms with E-state index in [1.54, 1.807) is 12.1 Å². The van der Waals surface area contributed by atoms with Crippen LogP contribution in [0, 0.1) is 0 Å². The summed E-state index contributed by atoms with van der Waals surface area (Å²) in [6, 6.07) is 7.28. The number of carbonyl (C=O) groups is 3. The maximum Gasteiger partial charge on any atom is 0.303 e. The highest BCUT2D eigenvalue weighted by atomic mass is 16.7. The fourth-order valence-electron chi connectivity index (χ4n) is 3.97. The van der Waals surface area contributed by atoms with Gasteiger partial charge < -0.3 is 47.4 Å². The summed E-state index contributed by atoms with van der Waals surface area (Å²) in [6.07, 6.45) is -5.32. The van der Waals surface area contributed by atoms with Crippen molar-refractivity contribution in [1.82, 2.24) is 0 Å². The lowest BCUT2D eigenvalue weighted by Crippen LogP contribution is -2.62. The molecule has 3 aliphatic rings. The van der Waals surface area contributed by atoms with E-state index in [9.17, 15) is 14.4 Å². The van der Waals surface area contributed by atoms with Gasteiger partial charge >= 0.3 is 17.9 Å². The number of carbonyl (C=O) groups excluding carboxylic acids is 3. The zero-order valence-corrected chi connectivity index (χ0v) is 22.4. The van der Waals surface area contributed by atoms with E-state index in [0.717, 1.165) is 0 Å². The van der Waals surface area contributed by atoms with Crippen molar-refractivity contribution >= 4 is 17.9 Å². The smallest absolute Gasteiger partial charge is 0.303 e. The van der Waals surface area contributed by atoms with Crippen LogP contribution in [0.3, 0.4) is 0 Å². The molecule has 218 valence electrons. The molecule has 0 aliphatic carbocycles. The highest BCUT2D eigenvalue weighted by molar-refractivity contribution is 5.67. The quantitative estimate of drug-likeness (QED) is 0.296. The van der Waals surface area contributed by atoms with Crippen LogP contribution in [0.4, 0.5) is 0 Å². The summed E-state index contributed by atoms with van der Waals surface area (Å²) in [5.74, 6) is -0.649. The van der Waals surface area contributed by atoms with Crippen LogP contribution in [-0.2, 0) is 52.3 Å². The second-order valence-corrected chi connectivity index (χ2v) is 8.57. The molecule has 4 rings (SSSR count). The second-order valence-electron chi connectivity index (χ2n) is 8.57. The highest BCUT2D eigenvalue weighted by Crippen LogP contribution is 2.30. The SMILES string of the molecule is CC(=O)OC[C@H]1O[C@@H]2OCCOCCOc3ccccc3OCCOCCO[C@H]1[C@H](OC(C)=O)[C@H]2OC(C)=O. The molecular weight excluding hydrogens is 520 g/mol. The minimum absolute atomic E-state index is 0.0502. The Kier molecular flexibility index (Phi) is 12.7. The third-order valence-corrected chi connectivity index (χ3v) is 5.51. The largest absolute Gasteiger partial charge is 0.487 e. The number of para-hydroxylation sites is 2. The zero-order valence-electron chi connectivity index (χ0n) is 22.4. The molecule has 13 nitrogen and oxygen atoms in total. The molecule has 0 unspecified atom stereocenters. The van der Waals surface area contributed by atoms with Crippen LogP contribution in [-0.4, -0.2) is 108 Å². The first-order chi connectivity index (χ1) is 18.8. The summed E-state index contributed by atoms with van der Waals surface area (Å²) in [4.78, 5) is 35.5. The zero-order chi connectivity index (χ0) is 28.0. The third kappa shape index (κ3) is 10.3. The van der Waals surface area contributed by atoms with Gasteiger partial charge in [0.1, 0.15) is 32.0 Å². The topological polar surface area (TPSA) is 144 Å². The molecule has 5 atom stereocenters. The molecule has 3 aliphatic heterocycles. The van der Waals surface area contributed by atoms with E-state index in [1.807, 2.05) is 12.1 Å². The molecular formula is C26H36O13. The van der Waals surface area contributed by atoms with Crippen LogP contribution in [0.2, 0.25) is 0 Å². The Bertz CT molecular complexity index is 923. The number of fused-ring (bicyclic) bond motifs is 14. The minimum atomic E-state index is -1.16. The highest BCUT2D eigenvalue weighted by Gasteiger charge is 2.51. The van der Waals surface area contributed by atoms with E-state index in [1.165, 1.54) is 20.8 Å². The van der Waals surface area contributed by atoms with Crippen molar-refractivity contribution in [2.75, 3.05) is 59.5 Å². The van der Waals surface area contributed by atoms with Gasteiger partial charge in [-0.1, -0.05) is 12.1 Å². The molecule has 1 aromatic rings. The Morgan fingerprint density at radius 3 is 1.82 bits per heavy atom. The van der Waals surface area contributed by atoms with Gasteiger partial charge in [0.2, 0.25) is 0 Å². The lowest BCUT2D eigenvalue weighted by Gasteiger charge is -2.44. The Balaban J connectivity index is 1.77. The minimum Gasteiger partial charge on any atom is -0.487 e. The average Bonchev–Trinajstić information content (AvgIpc) is 2.88. The molecule has 1 aromatic carbocycles. The maximum absolute atomic E-state index is 12.0. The summed E-state index contributed by atoms with van der Waals surface area (Å²) in [5, 5.41) is 0. The van der Waals surface area contributed by atoms with Crippen LogP contribution in [0.25, 0.3) is 0 Å². The van der Waals surface area contributed by atoms with Gasteiger partial charge in [-0.3, -0.25) is 14.4 Å². The Morgan fingerprint density at radius 2 is 1.26 bits per heavy atom. The van der Waals surface area contributed by atoms with Gasteiger partial charge in [0, 0.05) is 20.8 Å². The molecule has 39 heavy (non-hydrogen) atoms. The molecule has 0 spiro atoms. The second kappa shape index (κ2) is 16.2. The standard InChI is InChI=1S/C26H36O13/c1-17(27)36-16-22-23-24(37-18(2)28)25(38-19(3)29)26(39-22)35-15-11-31-9-13-33-21-7-5-4-6-20(21)32-12-8-30-10-14-34-23/h4-7,22-26H,8-16H2,1-3H3/t22-,23-,24+,25-,26+/m1/s1. The number of hydrogen-bond acceptors (Lipinski definition) is 13. The van der Waals surface area contributed by atoms with Crippen molar-refractivity contribution in [3.05, 3.63) is 24.3 Å². The van der Waals surface area contributed by atoms with Crippen molar-refractivity contribution < 1.29 is 61.8 Å². The molecule has 0 radical (unpaired) electrons. The van der Waals surface area contributed by atoms with Crippen LogP contribution in [0.15, 0.2) is 24.3 Å².